The molecule has 0 atom stereocenters. The molecule has 1 saturated heterocycles. The fraction of sp³-hybridized carbons (Fsp3) is 0.323. The van der Waals surface area contributed by atoms with E-state index in [2.05, 4.69) is 68.6 Å². The van der Waals surface area contributed by atoms with Crippen molar-refractivity contribution >= 4 is 28.0 Å². The zero-order chi connectivity index (χ0) is 25.6. The number of imidazole rings is 1. The first-order valence-corrected chi connectivity index (χ1v) is 14.0. The second-order valence-electron chi connectivity index (χ2n) is 10.5. The van der Waals surface area contributed by atoms with Crippen LogP contribution in [0.1, 0.15) is 31.5 Å². The Bertz CT molecular complexity index is 1600. The summed E-state index contributed by atoms with van der Waals surface area (Å²) in [7, 11) is 0. The third-order valence-electron chi connectivity index (χ3n) is 8.42. The molecule has 1 aliphatic heterocycles. The second kappa shape index (κ2) is 9.77. The van der Waals surface area contributed by atoms with Gasteiger partial charge in [0, 0.05) is 67.0 Å². The number of nitrogens with zero attached hydrogens (tertiary/aromatic N) is 6. The molecule has 4 heterocycles. The summed E-state index contributed by atoms with van der Waals surface area (Å²) in [5.41, 5.74) is 5.79. The van der Waals surface area contributed by atoms with Crippen LogP contribution in [0.4, 0.5) is 0 Å². The van der Waals surface area contributed by atoms with Crippen LogP contribution in [0.25, 0.3) is 38.9 Å². The van der Waals surface area contributed by atoms with Gasteiger partial charge >= 0.3 is 0 Å². The Morgan fingerprint density at radius 2 is 1.68 bits per heavy atom. The summed E-state index contributed by atoms with van der Waals surface area (Å²) >= 11 is 6.69. The van der Waals surface area contributed by atoms with Gasteiger partial charge in [-0.05, 0) is 31.5 Å². The molecule has 1 saturated carbocycles. The molecule has 7 heteroatoms. The molecule has 0 unspecified atom stereocenters. The molecule has 2 aromatic carbocycles. The number of pyridine rings is 1. The summed E-state index contributed by atoms with van der Waals surface area (Å²) < 4.78 is 2.17. The van der Waals surface area contributed by atoms with Gasteiger partial charge in [-0.2, -0.15) is 0 Å². The van der Waals surface area contributed by atoms with Crippen LogP contribution in [0.15, 0.2) is 73.1 Å². The van der Waals surface area contributed by atoms with Gasteiger partial charge in [-0.25, -0.2) is 15.0 Å². The lowest BCUT2D eigenvalue weighted by Gasteiger charge is -2.46. The van der Waals surface area contributed by atoms with E-state index in [1.54, 1.807) is 6.20 Å². The minimum atomic E-state index is 0.423. The molecule has 6 nitrogen and oxygen atoms in total. The van der Waals surface area contributed by atoms with Gasteiger partial charge in [0.15, 0.2) is 5.15 Å². The molecule has 2 aliphatic rings. The van der Waals surface area contributed by atoms with Crippen LogP contribution in [-0.2, 0) is 0 Å². The summed E-state index contributed by atoms with van der Waals surface area (Å²) in [5.74, 6) is 1.51. The summed E-state index contributed by atoms with van der Waals surface area (Å²) in [5, 5.41) is 1.59. The van der Waals surface area contributed by atoms with E-state index in [0.717, 1.165) is 64.1 Å². The molecule has 0 amide bonds. The number of aromatic nitrogens is 4. The van der Waals surface area contributed by atoms with Crippen molar-refractivity contribution in [2.24, 2.45) is 0 Å². The highest BCUT2D eigenvalue weighted by molar-refractivity contribution is 6.33. The van der Waals surface area contributed by atoms with Gasteiger partial charge in [0.05, 0.1) is 16.9 Å². The molecule has 192 valence electrons. The number of hydrogen-bond donors (Lipinski definition) is 0. The van der Waals surface area contributed by atoms with Gasteiger partial charge in [-0.3, -0.25) is 9.30 Å². The lowest BCUT2D eigenvalue weighted by Crippen LogP contribution is -2.53. The van der Waals surface area contributed by atoms with Crippen LogP contribution in [0, 0.1) is 0 Å². The normalized spacial score (nSPS) is 20.7. The SMILES string of the molecule is CCN1CCN([C@H]2C[C@@H](c3nc(-c4ccc5ccc(-c6ccccc6)nc5c4)c4c(Cl)nccn43)C2)CC1. The van der Waals surface area contributed by atoms with Crippen molar-refractivity contribution in [3.63, 3.8) is 0 Å². The standard InChI is InChI=1S/C31H31ClN6/c1-2-36-14-16-37(17-15-36)25-18-24(19-25)31-35-28(29-30(32)33-12-13-38(29)31)23-9-8-22-10-11-26(34-27(22)20-23)21-6-4-3-5-7-21/h3-13,20,24-25H,2,14-19H2,1H3/t24-,25+. The fourth-order valence-electron chi connectivity index (χ4n) is 6.09. The largest absolute Gasteiger partial charge is 0.301 e. The van der Waals surface area contributed by atoms with Gasteiger partial charge in [-0.15, -0.1) is 0 Å². The predicted molar refractivity (Wildman–Crippen MR) is 154 cm³/mol. The van der Waals surface area contributed by atoms with Gasteiger partial charge in [0.1, 0.15) is 11.3 Å². The zero-order valence-electron chi connectivity index (χ0n) is 21.6. The Morgan fingerprint density at radius 3 is 2.47 bits per heavy atom. The Balaban J connectivity index is 1.22. The van der Waals surface area contributed by atoms with E-state index in [4.69, 9.17) is 21.6 Å². The summed E-state index contributed by atoms with van der Waals surface area (Å²) in [6.07, 6.45) is 6.07. The number of likely N-dealkylation sites (N-methyl/N-ethyl adjacent to an activating group) is 1. The third-order valence-corrected chi connectivity index (χ3v) is 8.70. The number of piperazine rings is 1. The Kier molecular flexibility index (Phi) is 6.11. The zero-order valence-corrected chi connectivity index (χ0v) is 22.3. The number of rotatable bonds is 5. The molecule has 0 bridgehead atoms. The van der Waals surface area contributed by atoms with E-state index in [1.165, 1.54) is 26.2 Å². The number of halogens is 1. The average Bonchev–Trinajstić information content (AvgIpc) is 3.33. The second-order valence-corrected chi connectivity index (χ2v) is 10.9. The van der Waals surface area contributed by atoms with E-state index in [-0.39, 0.29) is 0 Å². The van der Waals surface area contributed by atoms with Crippen LogP contribution >= 0.6 is 11.6 Å². The predicted octanol–water partition coefficient (Wildman–Crippen LogP) is 6.15. The number of benzene rings is 2. The minimum Gasteiger partial charge on any atom is -0.301 e. The van der Waals surface area contributed by atoms with E-state index < -0.39 is 0 Å². The van der Waals surface area contributed by atoms with Crippen molar-refractivity contribution in [1.29, 1.82) is 0 Å². The van der Waals surface area contributed by atoms with Crippen molar-refractivity contribution in [2.45, 2.75) is 31.7 Å². The summed E-state index contributed by atoms with van der Waals surface area (Å²) in [4.78, 5) is 19.8. The Morgan fingerprint density at radius 1 is 0.895 bits per heavy atom. The van der Waals surface area contributed by atoms with Crippen LogP contribution in [0.2, 0.25) is 5.15 Å². The molecule has 2 fully saturated rings. The minimum absolute atomic E-state index is 0.423. The highest BCUT2D eigenvalue weighted by atomic mass is 35.5. The number of hydrogen-bond acceptors (Lipinski definition) is 5. The van der Waals surface area contributed by atoms with Crippen molar-refractivity contribution in [2.75, 3.05) is 32.7 Å². The molecule has 0 N–H and O–H groups in total. The average molecular weight is 523 g/mol. The van der Waals surface area contributed by atoms with E-state index in [1.807, 2.05) is 24.4 Å². The molecule has 38 heavy (non-hydrogen) atoms. The highest BCUT2D eigenvalue weighted by Gasteiger charge is 2.38. The molecule has 7 rings (SSSR count). The maximum atomic E-state index is 6.69. The van der Waals surface area contributed by atoms with Crippen LogP contribution < -0.4 is 0 Å². The Labute approximate surface area is 227 Å². The smallest absolute Gasteiger partial charge is 0.155 e. The number of fused-ring (bicyclic) bond motifs is 2. The van der Waals surface area contributed by atoms with Crippen molar-refractivity contribution in [1.82, 2.24) is 29.2 Å². The van der Waals surface area contributed by atoms with Gasteiger partial charge < -0.3 is 4.90 Å². The third kappa shape index (κ3) is 4.17. The van der Waals surface area contributed by atoms with E-state index >= 15 is 0 Å². The van der Waals surface area contributed by atoms with Crippen molar-refractivity contribution in [3.05, 3.63) is 84.0 Å². The highest BCUT2D eigenvalue weighted by Crippen LogP contribution is 2.42. The van der Waals surface area contributed by atoms with E-state index in [0.29, 0.717) is 17.1 Å². The van der Waals surface area contributed by atoms with Gasteiger partial charge in [-0.1, -0.05) is 67.1 Å². The van der Waals surface area contributed by atoms with Crippen LogP contribution in [-0.4, -0.2) is 67.9 Å². The molecular weight excluding hydrogens is 492 g/mol. The van der Waals surface area contributed by atoms with Crippen molar-refractivity contribution in [3.8, 4) is 22.5 Å². The first-order valence-electron chi connectivity index (χ1n) is 13.6. The fourth-order valence-corrected chi connectivity index (χ4v) is 6.33. The summed E-state index contributed by atoms with van der Waals surface area (Å²) in [6, 6.07) is 21.5. The monoisotopic (exact) mass is 522 g/mol. The van der Waals surface area contributed by atoms with Crippen LogP contribution in [0.5, 0.6) is 0 Å². The molecule has 0 radical (unpaired) electrons. The lowest BCUT2D eigenvalue weighted by atomic mass is 9.78. The van der Waals surface area contributed by atoms with E-state index in [9.17, 15) is 0 Å². The van der Waals surface area contributed by atoms with Crippen molar-refractivity contribution < 1.29 is 0 Å². The quantitative estimate of drug-likeness (QED) is 0.277. The topological polar surface area (TPSA) is 49.6 Å². The molecular formula is C31H31ClN6. The molecule has 5 aromatic rings. The first-order chi connectivity index (χ1) is 18.7. The maximum absolute atomic E-state index is 6.69. The first kappa shape index (κ1) is 23.8. The van der Waals surface area contributed by atoms with Gasteiger partial charge in [0.25, 0.3) is 0 Å². The maximum Gasteiger partial charge on any atom is 0.155 e. The molecule has 0 spiro atoms. The van der Waals surface area contributed by atoms with Gasteiger partial charge in [0.2, 0.25) is 0 Å². The molecule has 3 aromatic heterocycles. The molecule has 1 aliphatic carbocycles. The summed E-state index contributed by atoms with van der Waals surface area (Å²) in [6.45, 7) is 8.10. The van der Waals surface area contributed by atoms with Crippen LogP contribution in [0.3, 0.4) is 0 Å². The lowest BCUT2D eigenvalue weighted by molar-refractivity contribution is 0.0517. The Hall–Kier alpha value is -3.32.